The van der Waals surface area contributed by atoms with Crippen LogP contribution < -0.4 is 20.3 Å². The number of aromatic nitrogens is 1. The number of piperidine rings is 1. The van der Waals surface area contributed by atoms with Gasteiger partial charge >= 0.3 is 0 Å². The summed E-state index contributed by atoms with van der Waals surface area (Å²) < 4.78 is 5.36. The molecular weight excluding hydrogens is 416 g/mol. The van der Waals surface area contributed by atoms with Gasteiger partial charge in [-0.3, -0.25) is 9.59 Å². The number of methoxy groups -OCH3 is 1. The molecule has 2 bridgehead atoms. The third-order valence-electron chi connectivity index (χ3n) is 7.53. The maximum Gasteiger partial charge on any atom is 0.253 e. The maximum atomic E-state index is 13.0. The normalized spacial score (nSPS) is 24.2. The van der Waals surface area contributed by atoms with Crippen molar-refractivity contribution < 1.29 is 14.3 Å². The second-order valence-corrected chi connectivity index (χ2v) is 9.57. The van der Waals surface area contributed by atoms with Gasteiger partial charge in [-0.2, -0.15) is 0 Å². The number of anilines is 1. The first-order valence-corrected chi connectivity index (χ1v) is 12.0. The molecule has 3 atom stereocenters. The molecular formula is C26H32N4O3. The summed E-state index contributed by atoms with van der Waals surface area (Å²) in [5.41, 5.74) is 2.15. The van der Waals surface area contributed by atoms with Crippen LogP contribution in [-0.2, 0) is 0 Å². The highest BCUT2D eigenvalue weighted by atomic mass is 16.5. The number of hydrogen-bond donors (Lipinski definition) is 2. The molecule has 1 aliphatic carbocycles. The van der Waals surface area contributed by atoms with E-state index in [2.05, 4.69) is 20.5 Å². The molecule has 3 fully saturated rings. The summed E-state index contributed by atoms with van der Waals surface area (Å²) in [5, 5.41) is 6.33. The SMILES string of the molecule is COc1cccc(C(=O)N[C@H]2C[C@H]3CC[C@@H](C2)N3c2ccc(C(=O)NC3CCC3)cn2)c1C. The molecule has 1 aromatic carbocycles. The molecule has 7 heteroatoms. The summed E-state index contributed by atoms with van der Waals surface area (Å²) in [7, 11) is 1.62. The van der Waals surface area contributed by atoms with E-state index in [0.29, 0.717) is 29.3 Å². The average molecular weight is 449 g/mol. The van der Waals surface area contributed by atoms with Crippen molar-refractivity contribution in [3.63, 3.8) is 0 Å². The lowest BCUT2D eigenvalue weighted by atomic mass is 9.93. The lowest BCUT2D eigenvalue weighted by Crippen LogP contribution is -2.50. The second-order valence-electron chi connectivity index (χ2n) is 9.57. The molecule has 3 heterocycles. The van der Waals surface area contributed by atoms with Crippen LogP contribution in [0, 0.1) is 6.92 Å². The fourth-order valence-corrected chi connectivity index (χ4v) is 5.51. The van der Waals surface area contributed by atoms with E-state index in [0.717, 1.165) is 55.7 Å². The number of benzene rings is 1. The van der Waals surface area contributed by atoms with Gasteiger partial charge in [0.15, 0.2) is 0 Å². The number of nitrogens with one attached hydrogen (secondary N) is 2. The van der Waals surface area contributed by atoms with E-state index in [1.165, 1.54) is 6.42 Å². The zero-order valence-electron chi connectivity index (χ0n) is 19.3. The number of pyridine rings is 1. The van der Waals surface area contributed by atoms with Crippen LogP contribution in [0.5, 0.6) is 5.75 Å². The minimum Gasteiger partial charge on any atom is -0.496 e. The summed E-state index contributed by atoms with van der Waals surface area (Å²) >= 11 is 0. The first kappa shape index (κ1) is 21.7. The van der Waals surface area contributed by atoms with Crippen LogP contribution in [0.4, 0.5) is 5.82 Å². The van der Waals surface area contributed by atoms with E-state index in [1.54, 1.807) is 13.3 Å². The number of fused-ring (bicyclic) bond motifs is 2. The van der Waals surface area contributed by atoms with E-state index in [1.807, 2.05) is 37.3 Å². The molecule has 33 heavy (non-hydrogen) atoms. The summed E-state index contributed by atoms with van der Waals surface area (Å²) in [6.07, 6.45) is 9.03. The number of hydrogen-bond acceptors (Lipinski definition) is 5. The van der Waals surface area contributed by atoms with Crippen LogP contribution in [-0.4, -0.2) is 48.1 Å². The van der Waals surface area contributed by atoms with Gasteiger partial charge in [0.05, 0.1) is 12.7 Å². The molecule has 0 unspecified atom stereocenters. The lowest BCUT2D eigenvalue weighted by Gasteiger charge is -2.40. The fourth-order valence-electron chi connectivity index (χ4n) is 5.51. The minimum atomic E-state index is -0.0378. The highest BCUT2D eigenvalue weighted by molar-refractivity contribution is 5.96. The third-order valence-corrected chi connectivity index (χ3v) is 7.53. The van der Waals surface area contributed by atoms with Crippen LogP contribution in [0.3, 0.4) is 0 Å². The Labute approximate surface area is 194 Å². The third kappa shape index (κ3) is 4.28. The largest absolute Gasteiger partial charge is 0.496 e. The topological polar surface area (TPSA) is 83.6 Å². The summed E-state index contributed by atoms with van der Waals surface area (Å²) in [6, 6.07) is 10.6. The zero-order valence-corrected chi connectivity index (χ0v) is 19.3. The predicted molar refractivity (Wildman–Crippen MR) is 127 cm³/mol. The molecule has 2 saturated heterocycles. The van der Waals surface area contributed by atoms with Crippen LogP contribution >= 0.6 is 0 Å². The molecule has 2 amide bonds. The number of rotatable bonds is 6. The molecule has 174 valence electrons. The Morgan fingerprint density at radius 3 is 2.30 bits per heavy atom. The number of amides is 2. The minimum absolute atomic E-state index is 0.0315. The van der Waals surface area contributed by atoms with Crippen molar-refractivity contribution in [1.82, 2.24) is 15.6 Å². The Kier molecular flexibility index (Phi) is 5.96. The molecule has 1 saturated carbocycles. The Hall–Kier alpha value is -3.09. The lowest BCUT2D eigenvalue weighted by molar-refractivity contribution is 0.0912. The van der Waals surface area contributed by atoms with Crippen molar-refractivity contribution in [3.05, 3.63) is 53.2 Å². The van der Waals surface area contributed by atoms with Gasteiger partial charge in [0.2, 0.25) is 0 Å². The van der Waals surface area contributed by atoms with Gasteiger partial charge in [-0.15, -0.1) is 0 Å². The highest BCUT2D eigenvalue weighted by Crippen LogP contribution is 2.38. The molecule has 1 aromatic heterocycles. The van der Waals surface area contributed by atoms with E-state index in [-0.39, 0.29) is 17.9 Å². The fraction of sp³-hybridized carbons (Fsp3) is 0.500. The van der Waals surface area contributed by atoms with Gasteiger partial charge in [0.1, 0.15) is 11.6 Å². The molecule has 2 aromatic rings. The van der Waals surface area contributed by atoms with E-state index in [4.69, 9.17) is 4.74 Å². The van der Waals surface area contributed by atoms with Gasteiger partial charge in [0.25, 0.3) is 11.8 Å². The molecule has 2 N–H and O–H groups in total. The monoisotopic (exact) mass is 448 g/mol. The Balaban J connectivity index is 1.22. The van der Waals surface area contributed by atoms with E-state index < -0.39 is 0 Å². The first-order valence-electron chi connectivity index (χ1n) is 12.0. The van der Waals surface area contributed by atoms with Gasteiger partial charge < -0.3 is 20.3 Å². The summed E-state index contributed by atoms with van der Waals surface area (Å²) in [5.74, 6) is 1.59. The second kappa shape index (κ2) is 9.04. The van der Waals surface area contributed by atoms with Crippen molar-refractivity contribution in [2.45, 2.75) is 76.0 Å². The maximum absolute atomic E-state index is 13.0. The predicted octanol–water partition coefficient (Wildman–Crippen LogP) is 3.61. The Morgan fingerprint density at radius 1 is 0.970 bits per heavy atom. The number of carbonyl (C=O) groups is 2. The molecule has 0 spiro atoms. The van der Waals surface area contributed by atoms with Gasteiger partial charge in [-0.05, 0) is 76.1 Å². The Bertz CT molecular complexity index is 1020. The summed E-state index contributed by atoms with van der Waals surface area (Å²) in [6.45, 7) is 1.92. The first-order chi connectivity index (χ1) is 16.0. The molecule has 2 aliphatic heterocycles. The van der Waals surface area contributed by atoms with Crippen molar-refractivity contribution in [2.24, 2.45) is 0 Å². The van der Waals surface area contributed by atoms with Gasteiger partial charge in [0, 0.05) is 41.5 Å². The van der Waals surface area contributed by atoms with Crippen molar-refractivity contribution in [1.29, 1.82) is 0 Å². The van der Waals surface area contributed by atoms with Crippen molar-refractivity contribution in [2.75, 3.05) is 12.0 Å². The van der Waals surface area contributed by atoms with Gasteiger partial charge in [-0.1, -0.05) is 6.07 Å². The van der Waals surface area contributed by atoms with E-state index in [9.17, 15) is 9.59 Å². The smallest absolute Gasteiger partial charge is 0.253 e. The zero-order chi connectivity index (χ0) is 22.9. The quantitative estimate of drug-likeness (QED) is 0.705. The molecule has 3 aliphatic rings. The van der Waals surface area contributed by atoms with Crippen LogP contribution in [0.25, 0.3) is 0 Å². The van der Waals surface area contributed by atoms with E-state index >= 15 is 0 Å². The number of nitrogens with zero attached hydrogens (tertiary/aromatic N) is 2. The van der Waals surface area contributed by atoms with Crippen LogP contribution in [0.15, 0.2) is 36.5 Å². The number of carbonyl (C=O) groups excluding carboxylic acids is 2. The Morgan fingerprint density at radius 2 is 1.70 bits per heavy atom. The average Bonchev–Trinajstić information content (AvgIpc) is 3.06. The molecule has 7 nitrogen and oxygen atoms in total. The summed E-state index contributed by atoms with van der Waals surface area (Å²) in [4.78, 5) is 32.4. The molecule has 5 rings (SSSR count). The molecule has 0 radical (unpaired) electrons. The van der Waals surface area contributed by atoms with Gasteiger partial charge in [-0.25, -0.2) is 4.98 Å². The van der Waals surface area contributed by atoms with Crippen molar-refractivity contribution in [3.8, 4) is 5.75 Å². The van der Waals surface area contributed by atoms with Crippen LogP contribution in [0.1, 0.15) is 71.2 Å². The van der Waals surface area contributed by atoms with Crippen LogP contribution in [0.2, 0.25) is 0 Å². The number of ether oxygens (including phenoxy) is 1. The van der Waals surface area contributed by atoms with Crippen molar-refractivity contribution >= 4 is 17.6 Å². The standard InChI is InChI=1S/C26H32N4O3/c1-16-22(7-4-8-23(16)33-2)26(32)29-19-13-20-10-11-21(14-19)30(20)24-12-9-17(15-27-24)25(31)28-18-5-3-6-18/h4,7-9,12,15,18-21H,3,5-6,10-11,13-14H2,1-2H3,(H,28,31)(H,29,32)/t19-,20+,21-. The highest BCUT2D eigenvalue weighted by Gasteiger charge is 2.42.